The monoisotopic (exact) mass is 277 g/mol. The lowest BCUT2D eigenvalue weighted by molar-refractivity contribution is -0.384. The first-order chi connectivity index (χ1) is 9.47. The molecule has 1 aliphatic rings. The second-order valence-electron chi connectivity index (χ2n) is 5.34. The number of nitro groups is 1. The lowest BCUT2D eigenvalue weighted by Crippen LogP contribution is -2.49. The molecule has 2 rings (SSSR count). The number of carbonyl (C=O) groups excluding carboxylic acids is 1. The van der Waals surface area contributed by atoms with E-state index in [1.807, 2.05) is 0 Å². The number of carbonyl (C=O) groups is 1. The number of amides is 1. The Morgan fingerprint density at radius 3 is 2.70 bits per heavy atom. The highest BCUT2D eigenvalue weighted by molar-refractivity contribution is 5.95. The van der Waals surface area contributed by atoms with Crippen LogP contribution in [0.5, 0.6) is 0 Å². The Morgan fingerprint density at radius 1 is 1.35 bits per heavy atom. The molecule has 0 aromatic heterocycles. The van der Waals surface area contributed by atoms with Gasteiger partial charge in [0, 0.05) is 29.8 Å². The van der Waals surface area contributed by atoms with Crippen LogP contribution in [0.4, 0.5) is 5.69 Å². The van der Waals surface area contributed by atoms with Crippen LogP contribution in [0.2, 0.25) is 0 Å². The lowest BCUT2D eigenvalue weighted by atomic mass is 9.91. The predicted molar refractivity (Wildman–Crippen MR) is 75.5 cm³/mol. The third-order valence-electron chi connectivity index (χ3n) is 3.67. The SMILES string of the molecule is Cc1cc(C(=O)N[C@@H]2CCCC[C@H]2N)cc([N+](=O)[O-])c1. The van der Waals surface area contributed by atoms with E-state index in [1.54, 1.807) is 13.0 Å². The quantitative estimate of drug-likeness (QED) is 0.651. The molecular formula is C14H19N3O3. The number of aryl methyl sites for hydroxylation is 1. The summed E-state index contributed by atoms with van der Waals surface area (Å²) < 4.78 is 0. The highest BCUT2D eigenvalue weighted by atomic mass is 16.6. The first-order valence-electron chi connectivity index (χ1n) is 6.80. The van der Waals surface area contributed by atoms with Crippen LogP contribution in [0.25, 0.3) is 0 Å². The first kappa shape index (κ1) is 14.5. The van der Waals surface area contributed by atoms with E-state index < -0.39 is 4.92 Å². The van der Waals surface area contributed by atoms with Crippen LogP contribution >= 0.6 is 0 Å². The molecule has 1 amide bonds. The number of hydrogen-bond donors (Lipinski definition) is 2. The second-order valence-corrected chi connectivity index (χ2v) is 5.34. The van der Waals surface area contributed by atoms with Gasteiger partial charge in [-0.3, -0.25) is 14.9 Å². The zero-order valence-electron chi connectivity index (χ0n) is 11.5. The fourth-order valence-electron chi connectivity index (χ4n) is 2.59. The Labute approximate surface area is 117 Å². The number of hydrogen-bond acceptors (Lipinski definition) is 4. The first-order valence-corrected chi connectivity index (χ1v) is 6.80. The van der Waals surface area contributed by atoms with Gasteiger partial charge in [0.15, 0.2) is 0 Å². The number of non-ortho nitro benzene ring substituents is 1. The highest BCUT2D eigenvalue weighted by Gasteiger charge is 2.24. The second kappa shape index (κ2) is 6.00. The molecule has 1 aliphatic carbocycles. The summed E-state index contributed by atoms with van der Waals surface area (Å²) >= 11 is 0. The lowest BCUT2D eigenvalue weighted by Gasteiger charge is -2.29. The molecule has 0 saturated heterocycles. The van der Waals surface area contributed by atoms with Crippen molar-refractivity contribution in [1.29, 1.82) is 0 Å². The zero-order valence-corrected chi connectivity index (χ0v) is 11.5. The number of rotatable bonds is 3. The summed E-state index contributed by atoms with van der Waals surface area (Å²) in [5.41, 5.74) is 6.93. The fraction of sp³-hybridized carbons (Fsp3) is 0.500. The summed E-state index contributed by atoms with van der Waals surface area (Å²) in [5.74, 6) is -0.292. The Balaban J connectivity index is 2.14. The molecule has 0 aliphatic heterocycles. The molecular weight excluding hydrogens is 258 g/mol. The number of nitrogens with zero attached hydrogens (tertiary/aromatic N) is 1. The van der Waals surface area contributed by atoms with Crippen LogP contribution in [-0.4, -0.2) is 22.9 Å². The van der Waals surface area contributed by atoms with Crippen molar-refractivity contribution in [2.45, 2.75) is 44.7 Å². The molecule has 1 aromatic rings. The third-order valence-corrected chi connectivity index (χ3v) is 3.67. The van der Waals surface area contributed by atoms with Crippen molar-refractivity contribution in [3.05, 3.63) is 39.4 Å². The van der Waals surface area contributed by atoms with E-state index >= 15 is 0 Å². The standard InChI is InChI=1S/C14H19N3O3/c1-9-6-10(8-11(7-9)17(19)20)14(18)16-13-5-3-2-4-12(13)15/h6-8,12-13H,2-5,15H2,1H3,(H,16,18)/t12-,13-/m1/s1. The number of nitro benzene ring substituents is 1. The molecule has 2 atom stereocenters. The van der Waals surface area contributed by atoms with Gasteiger partial charge in [-0.2, -0.15) is 0 Å². The third kappa shape index (κ3) is 3.33. The molecule has 1 saturated carbocycles. The molecule has 20 heavy (non-hydrogen) atoms. The van der Waals surface area contributed by atoms with Crippen molar-refractivity contribution in [1.82, 2.24) is 5.32 Å². The molecule has 0 heterocycles. The Kier molecular flexibility index (Phi) is 4.34. The summed E-state index contributed by atoms with van der Waals surface area (Å²) in [7, 11) is 0. The molecule has 1 fully saturated rings. The van der Waals surface area contributed by atoms with E-state index in [4.69, 9.17) is 5.73 Å². The highest BCUT2D eigenvalue weighted by Crippen LogP contribution is 2.19. The molecule has 0 spiro atoms. The van der Waals surface area contributed by atoms with Gasteiger partial charge in [0.1, 0.15) is 0 Å². The van der Waals surface area contributed by atoms with Crippen LogP contribution in [0.15, 0.2) is 18.2 Å². The van der Waals surface area contributed by atoms with Crippen molar-refractivity contribution in [2.24, 2.45) is 5.73 Å². The number of nitrogens with two attached hydrogens (primary N) is 1. The Hall–Kier alpha value is -1.95. The Morgan fingerprint density at radius 2 is 2.05 bits per heavy atom. The summed E-state index contributed by atoms with van der Waals surface area (Å²) in [6.07, 6.45) is 3.90. The summed E-state index contributed by atoms with van der Waals surface area (Å²) in [6.45, 7) is 1.73. The van der Waals surface area contributed by atoms with E-state index in [0.29, 0.717) is 11.1 Å². The largest absolute Gasteiger partial charge is 0.348 e. The average molecular weight is 277 g/mol. The number of nitrogens with one attached hydrogen (secondary N) is 1. The molecule has 0 bridgehead atoms. The molecule has 6 heteroatoms. The van der Waals surface area contributed by atoms with Gasteiger partial charge in [-0.1, -0.05) is 12.8 Å². The molecule has 3 N–H and O–H groups in total. The normalized spacial score (nSPS) is 22.3. The van der Waals surface area contributed by atoms with E-state index in [0.717, 1.165) is 25.7 Å². The molecule has 0 unspecified atom stereocenters. The number of benzene rings is 1. The minimum Gasteiger partial charge on any atom is -0.348 e. The van der Waals surface area contributed by atoms with Gasteiger partial charge >= 0.3 is 0 Å². The van der Waals surface area contributed by atoms with Crippen LogP contribution in [0.3, 0.4) is 0 Å². The van der Waals surface area contributed by atoms with Gasteiger partial charge < -0.3 is 11.1 Å². The van der Waals surface area contributed by atoms with Crippen molar-refractivity contribution in [3.63, 3.8) is 0 Å². The van der Waals surface area contributed by atoms with Gasteiger partial charge in [-0.25, -0.2) is 0 Å². The maximum absolute atomic E-state index is 12.2. The smallest absolute Gasteiger partial charge is 0.270 e. The predicted octanol–water partition coefficient (Wildman–Crippen LogP) is 1.90. The van der Waals surface area contributed by atoms with Crippen molar-refractivity contribution >= 4 is 11.6 Å². The van der Waals surface area contributed by atoms with Gasteiger partial charge in [0.25, 0.3) is 11.6 Å². The van der Waals surface area contributed by atoms with Crippen molar-refractivity contribution in [3.8, 4) is 0 Å². The molecule has 0 radical (unpaired) electrons. The van der Waals surface area contributed by atoms with E-state index in [2.05, 4.69) is 5.32 Å². The van der Waals surface area contributed by atoms with Gasteiger partial charge in [0.2, 0.25) is 0 Å². The summed E-state index contributed by atoms with van der Waals surface area (Å²) in [6, 6.07) is 4.32. The van der Waals surface area contributed by atoms with Crippen molar-refractivity contribution in [2.75, 3.05) is 0 Å². The van der Waals surface area contributed by atoms with Gasteiger partial charge in [-0.15, -0.1) is 0 Å². The minimum absolute atomic E-state index is 0.0347. The summed E-state index contributed by atoms with van der Waals surface area (Å²) in [4.78, 5) is 22.5. The van der Waals surface area contributed by atoms with Crippen LogP contribution in [-0.2, 0) is 0 Å². The van der Waals surface area contributed by atoms with E-state index in [9.17, 15) is 14.9 Å². The van der Waals surface area contributed by atoms with Crippen LogP contribution in [0, 0.1) is 17.0 Å². The Bertz CT molecular complexity index is 530. The van der Waals surface area contributed by atoms with E-state index in [1.165, 1.54) is 12.1 Å². The topological polar surface area (TPSA) is 98.3 Å². The molecule has 6 nitrogen and oxygen atoms in total. The molecule has 108 valence electrons. The van der Waals surface area contributed by atoms with E-state index in [-0.39, 0.29) is 23.7 Å². The van der Waals surface area contributed by atoms with Gasteiger partial charge in [0.05, 0.1) is 4.92 Å². The maximum atomic E-state index is 12.2. The average Bonchev–Trinajstić information content (AvgIpc) is 2.40. The zero-order chi connectivity index (χ0) is 14.7. The van der Waals surface area contributed by atoms with Crippen molar-refractivity contribution < 1.29 is 9.72 Å². The molecule has 1 aromatic carbocycles. The van der Waals surface area contributed by atoms with Gasteiger partial charge in [-0.05, 0) is 31.4 Å². The fourth-order valence-corrected chi connectivity index (χ4v) is 2.59. The van der Waals surface area contributed by atoms with Crippen LogP contribution in [0.1, 0.15) is 41.6 Å². The van der Waals surface area contributed by atoms with Crippen LogP contribution < -0.4 is 11.1 Å². The summed E-state index contributed by atoms with van der Waals surface area (Å²) in [5, 5.41) is 13.7. The maximum Gasteiger partial charge on any atom is 0.270 e. The minimum atomic E-state index is -0.490.